The molecule has 1 fully saturated rings. The highest BCUT2D eigenvalue weighted by molar-refractivity contribution is 14.0. The monoisotopic (exact) mass is 456 g/mol. The van der Waals surface area contributed by atoms with E-state index in [0.717, 1.165) is 55.5 Å². The van der Waals surface area contributed by atoms with Crippen molar-refractivity contribution in [2.45, 2.75) is 32.4 Å². The molecule has 2 aromatic rings. The van der Waals surface area contributed by atoms with Crippen LogP contribution in [0, 0.1) is 0 Å². The molecular weight excluding hydrogens is 431 g/mol. The Morgan fingerprint density at radius 1 is 1.28 bits per heavy atom. The number of nitrogens with zero attached hydrogens (tertiary/aromatic N) is 2. The van der Waals surface area contributed by atoms with Gasteiger partial charge in [-0.05, 0) is 19.8 Å². The van der Waals surface area contributed by atoms with Crippen LogP contribution in [-0.2, 0) is 11.3 Å². The topological polar surface area (TPSA) is 71.7 Å². The standard InChI is InChI=1S/C18H24N4O2.HI/c1-2-19-18(21-13-16-9-6-10-23-16)20-12-15-11-17(24-22-15)14-7-4-3-5-8-14;/h3-5,7-8,11,16H,2,6,9-10,12-13H2,1H3,(H2,19,20,21);1H. The highest BCUT2D eigenvalue weighted by Gasteiger charge is 2.15. The highest BCUT2D eigenvalue weighted by atomic mass is 127. The van der Waals surface area contributed by atoms with Crippen LogP contribution in [0.25, 0.3) is 11.3 Å². The zero-order valence-corrected chi connectivity index (χ0v) is 16.7. The van der Waals surface area contributed by atoms with Crippen LogP contribution in [-0.4, -0.2) is 36.9 Å². The van der Waals surface area contributed by atoms with Gasteiger partial charge in [0.15, 0.2) is 11.7 Å². The third-order valence-electron chi connectivity index (χ3n) is 3.88. The number of rotatable bonds is 6. The van der Waals surface area contributed by atoms with Gasteiger partial charge in [-0.1, -0.05) is 35.5 Å². The Labute approximate surface area is 165 Å². The number of aromatic nitrogens is 1. The molecule has 0 saturated carbocycles. The summed E-state index contributed by atoms with van der Waals surface area (Å²) in [6.07, 6.45) is 2.53. The molecule has 3 rings (SSSR count). The van der Waals surface area contributed by atoms with Crippen molar-refractivity contribution in [1.29, 1.82) is 0 Å². The van der Waals surface area contributed by atoms with Gasteiger partial charge >= 0.3 is 0 Å². The maximum absolute atomic E-state index is 5.62. The maximum Gasteiger partial charge on any atom is 0.191 e. The van der Waals surface area contributed by atoms with Gasteiger partial charge in [-0.15, -0.1) is 24.0 Å². The third kappa shape index (κ3) is 6.00. The smallest absolute Gasteiger partial charge is 0.191 e. The lowest BCUT2D eigenvalue weighted by atomic mass is 10.2. The first-order valence-electron chi connectivity index (χ1n) is 8.50. The fraction of sp³-hybridized carbons (Fsp3) is 0.444. The first kappa shape index (κ1) is 19.7. The van der Waals surface area contributed by atoms with Gasteiger partial charge in [0.2, 0.25) is 0 Å². The van der Waals surface area contributed by atoms with Crippen molar-refractivity contribution < 1.29 is 9.26 Å². The van der Waals surface area contributed by atoms with E-state index in [1.54, 1.807) is 0 Å². The number of ether oxygens (including phenoxy) is 1. The number of benzene rings is 1. The number of hydrogen-bond donors (Lipinski definition) is 2. The van der Waals surface area contributed by atoms with Crippen molar-refractivity contribution in [1.82, 2.24) is 15.8 Å². The summed E-state index contributed by atoms with van der Waals surface area (Å²) in [5.41, 5.74) is 1.83. The fourth-order valence-electron chi connectivity index (χ4n) is 2.64. The molecule has 1 aromatic heterocycles. The van der Waals surface area contributed by atoms with Crippen molar-refractivity contribution in [3.63, 3.8) is 0 Å². The molecule has 1 aliphatic heterocycles. The van der Waals surface area contributed by atoms with Crippen LogP contribution in [0.5, 0.6) is 0 Å². The van der Waals surface area contributed by atoms with Gasteiger partial charge in [-0.25, -0.2) is 4.99 Å². The van der Waals surface area contributed by atoms with Crippen molar-refractivity contribution in [3.05, 3.63) is 42.1 Å². The number of guanidine groups is 1. The van der Waals surface area contributed by atoms with E-state index in [9.17, 15) is 0 Å². The van der Waals surface area contributed by atoms with E-state index >= 15 is 0 Å². The Morgan fingerprint density at radius 3 is 2.84 bits per heavy atom. The van der Waals surface area contributed by atoms with Crippen molar-refractivity contribution in [2.75, 3.05) is 19.7 Å². The second-order valence-electron chi connectivity index (χ2n) is 5.76. The number of nitrogens with one attached hydrogen (secondary N) is 2. The van der Waals surface area contributed by atoms with Crippen LogP contribution in [0.1, 0.15) is 25.5 Å². The Kier molecular flexibility index (Phi) is 8.20. The zero-order chi connectivity index (χ0) is 16.6. The number of hydrogen-bond acceptors (Lipinski definition) is 4. The van der Waals surface area contributed by atoms with Crippen LogP contribution < -0.4 is 10.6 Å². The van der Waals surface area contributed by atoms with E-state index < -0.39 is 0 Å². The molecule has 1 saturated heterocycles. The van der Waals surface area contributed by atoms with E-state index in [1.165, 1.54) is 0 Å². The highest BCUT2D eigenvalue weighted by Crippen LogP contribution is 2.19. The Balaban J connectivity index is 0.00000225. The summed E-state index contributed by atoms with van der Waals surface area (Å²) in [5.74, 6) is 1.54. The van der Waals surface area contributed by atoms with Crippen LogP contribution in [0.4, 0.5) is 0 Å². The summed E-state index contributed by atoms with van der Waals surface area (Å²) in [5, 5.41) is 10.7. The minimum absolute atomic E-state index is 0. The second-order valence-corrected chi connectivity index (χ2v) is 5.76. The quantitative estimate of drug-likeness (QED) is 0.397. The van der Waals surface area contributed by atoms with Crippen LogP contribution in [0.15, 0.2) is 45.9 Å². The van der Waals surface area contributed by atoms with Gasteiger partial charge < -0.3 is 19.9 Å². The van der Waals surface area contributed by atoms with Crippen LogP contribution >= 0.6 is 24.0 Å². The molecule has 1 aromatic carbocycles. The minimum Gasteiger partial charge on any atom is -0.376 e. The van der Waals surface area contributed by atoms with Gasteiger partial charge in [0.1, 0.15) is 5.69 Å². The lowest BCUT2D eigenvalue weighted by Crippen LogP contribution is -2.41. The normalized spacial score (nSPS) is 17.2. The van der Waals surface area contributed by atoms with Crippen molar-refractivity contribution in [3.8, 4) is 11.3 Å². The molecule has 0 bridgehead atoms. The summed E-state index contributed by atoms with van der Waals surface area (Å²) in [6, 6.07) is 11.9. The Hall–Kier alpha value is -1.61. The summed E-state index contributed by atoms with van der Waals surface area (Å²) >= 11 is 0. The minimum atomic E-state index is 0. The van der Waals surface area contributed by atoms with E-state index in [4.69, 9.17) is 9.26 Å². The van der Waals surface area contributed by atoms with E-state index in [-0.39, 0.29) is 30.1 Å². The van der Waals surface area contributed by atoms with E-state index in [1.807, 2.05) is 43.3 Å². The molecule has 25 heavy (non-hydrogen) atoms. The summed E-state index contributed by atoms with van der Waals surface area (Å²) in [6.45, 7) is 4.97. The molecule has 1 unspecified atom stereocenters. The van der Waals surface area contributed by atoms with Crippen LogP contribution in [0.2, 0.25) is 0 Å². The van der Waals surface area contributed by atoms with Gasteiger partial charge in [0.25, 0.3) is 0 Å². The summed E-state index contributed by atoms with van der Waals surface area (Å²) < 4.78 is 11.0. The predicted molar refractivity (Wildman–Crippen MR) is 109 cm³/mol. The van der Waals surface area contributed by atoms with Gasteiger partial charge in [-0.3, -0.25) is 0 Å². The molecular formula is C18H25IN4O2. The first-order chi connectivity index (χ1) is 11.8. The molecule has 2 N–H and O–H groups in total. The maximum atomic E-state index is 5.62. The molecule has 0 radical (unpaired) electrons. The zero-order valence-electron chi connectivity index (χ0n) is 14.4. The SMILES string of the molecule is CCNC(=NCc1cc(-c2ccccc2)on1)NCC1CCCO1.I. The molecule has 7 heteroatoms. The van der Waals surface area contributed by atoms with Gasteiger partial charge in [0, 0.05) is 31.3 Å². The average Bonchev–Trinajstić information content (AvgIpc) is 3.30. The lowest BCUT2D eigenvalue weighted by Gasteiger charge is -2.14. The summed E-state index contributed by atoms with van der Waals surface area (Å²) in [4.78, 5) is 4.57. The van der Waals surface area contributed by atoms with E-state index in [2.05, 4.69) is 20.8 Å². The molecule has 136 valence electrons. The fourth-order valence-corrected chi connectivity index (χ4v) is 2.64. The molecule has 6 nitrogen and oxygen atoms in total. The molecule has 2 heterocycles. The van der Waals surface area contributed by atoms with Gasteiger partial charge in [-0.2, -0.15) is 0 Å². The molecule has 1 atom stereocenters. The largest absolute Gasteiger partial charge is 0.376 e. The molecule has 0 aliphatic carbocycles. The molecule has 0 amide bonds. The van der Waals surface area contributed by atoms with E-state index in [0.29, 0.717) is 6.54 Å². The second kappa shape index (κ2) is 10.4. The Morgan fingerprint density at radius 2 is 2.12 bits per heavy atom. The molecule has 0 spiro atoms. The third-order valence-corrected chi connectivity index (χ3v) is 3.88. The number of halogens is 1. The predicted octanol–water partition coefficient (Wildman–Crippen LogP) is 3.19. The van der Waals surface area contributed by atoms with Crippen LogP contribution in [0.3, 0.4) is 0 Å². The average molecular weight is 456 g/mol. The number of aliphatic imine (C=N–C) groups is 1. The molecule has 1 aliphatic rings. The lowest BCUT2D eigenvalue weighted by molar-refractivity contribution is 0.114. The van der Waals surface area contributed by atoms with Crippen molar-refractivity contribution in [2.24, 2.45) is 4.99 Å². The van der Waals surface area contributed by atoms with Crippen molar-refractivity contribution >= 4 is 29.9 Å². The summed E-state index contributed by atoms with van der Waals surface area (Å²) in [7, 11) is 0. The first-order valence-corrected chi connectivity index (χ1v) is 8.50. The Bertz CT molecular complexity index is 654. The van der Waals surface area contributed by atoms with Gasteiger partial charge in [0.05, 0.1) is 12.6 Å².